The van der Waals surface area contributed by atoms with Gasteiger partial charge in [0.2, 0.25) is 7.14 Å². The highest BCUT2D eigenvalue weighted by molar-refractivity contribution is 7.87. The van der Waals surface area contributed by atoms with Crippen molar-refractivity contribution in [3.63, 3.8) is 0 Å². The number of carbonyl (C=O) groups is 1. The third kappa shape index (κ3) is 3.88. The molecule has 6 heteroatoms. The minimum Gasteiger partial charge on any atom is -0.305 e. The SMILES string of the molecule is O=C(/C=C(\c1ccccc1)P(=O)(c1ccccn1)c1ccccn1)c1cccnc1. The number of pyridine rings is 3. The topological polar surface area (TPSA) is 72.8 Å². The molecular weight excluding hydrogens is 393 g/mol. The zero-order valence-corrected chi connectivity index (χ0v) is 16.9. The van der Waals surface area contributed by atoms with Crippen molar-refractivity contribution < 1.29 is 9.36 Å². The molecular formula is C24H18N3O2P. The molecule has 5 nitrogen and oxygen atoms in total. The van der Waals surface area contributed by atoms with Crippen molar-refractivity contribution in [2.24, 2.45) is 0 Å². The molecule has 0 spiro atoms. The molecule has 0 aliphatic carbocycles. The molecule has 146 valence electrons. The van der Waals surface area contributed by atoms with Crippen molar-refractivity contribution in [2.45, 2.75) is 0 Å². The molecule has 4 aromatic rings. The molecule has 3 heterocycles. The van der Waals surface area contributed by atoms with Crippen LogP contribution in [0.5, 0.6) is 0 Å². The maximum absolute atomic E-state index is 14.7. The van der Waals surface area contributed by atoms with Crippen LogP contribution in [0.3, 0.4) is 0 Å². The maximum Gasteiger partial charge on any atom is 0.206 e. The molecule has 0 saturated heterocycles. The summed E-state index contributed by atoms with van der Waals surface area (Å²) in [6.45, 7) is 0. The zero-order valence-electron chi connectivity index (χ0n) is 16.0. The lowest BCUT2D eigenvalue weighted by Gasteiger charge is -2.21. The Morgan fingerprint density at radius 3 is 1.83 bits per heavy atom. The van der Waals surface area contributed by atoms with E-state index in [-0.39, 0.29) is 5.78 Å². The first kappa shape index (κ1) is 19.6. The first-order chi connectivity index (χ1) is 14.7. The summed E-state index contributed by atoms with van der Waals surface area (Å²) in [5, 5.41) is 0.384. The van der Waals surface area contributed by atoms with E-state index in [4.69, 9.17) is 0 Å². The summed E-state index contributed by atoms with van der Waals surface area (Å²) in [5.74, 6) is -0.283. The van der Waals surface area contributed by atoms with Crippen molar-refractivity contribution in [3.8, 4) is 0 Å². The number of aromatic nitrogens is 3. The maximum atomic E-state index is 14.7. The van der Waals surface area contributed by atoms with Gasteiger partial charge in [-0.2, -0.15) is 0 Å². The van der Waals surface area contributed by atoms with Gasteiger partial charge in [0.25, 0.3) is 0 Å². The number of hydrogen-bond acceptors (Lipinski definition) is 5. The highest BCUT2D eigenvalue weighted by Crippen LogP contribution is 2.55. The Morgan fingerprint density at radius 2 is 1.30 bits per heavy atom. The van der Waals surface area contributed by atoms with Gasteiger partial charge in [0.15, 0.2) is 5.78 Å². The number of benzene rings is 1. The van der Waals surface area contributed by atoms with Gasteiger partial charge >= 0.3 is 0 Å². The van der Waals surface area contributed by atoms with Crippen molar-refractivity contribution in [1.29, 1.82) is 0 Å². The largest absolute Gasteiger partial charge is 0.305 e. The molecule has 0 atom stereocenters. The first-order valence-electron chi connectivity index (χ1n) is 9.35. The lowest BCUT2D eigenvalue weighted by Crippen LogP contribution is -2.22. The number of ketones is 1. The van der Waals surface area contributed by atoms with Crippen LogP contribution in [-0.2, 0) is 4.57 Å². The van der Waals surface area contributed by atoms with Gasteiger partial charge < -0.3 is 4.57 Å². The molecule has 3 aromatic heterocycles. The molecule has 0 radical (unpaired) electrons. The van der Waals surface area contributed by atoms with Crippen LogP contribution in [0, 0.1) is 0 Å². The van der Waals surface area contributed by atoms with E-state index in [1.54, 1.807) is 67.1 Å². The predicted octanol–water partition coefficient (Wildman–Crippen LogP) is 4.11. The standard InChI is InChI=1S/C24H18N3O2P/c28-21(20-11-8-14-25-18-20)17-22(19-9-2-1-3-10-19)30(29,23-12-4-6-15-26-23)24-13-5-7-16-27-24/h1-18H/b22-17+. The third-order valence-corrected chi connectivity index (χ3v) is 7.45. The molecule has 0 unspecified atom stereocenters. The Hall–Kier alpha value is -3.69. The van der Waals surface area contributed by atoms with Gasteiger partial charge in [0, 0.05) is 35.7 Å². The van der Waals surface area contributed by atoms with Crippen LogP contribution in [-0.4, -0.2) is 20.7 Å². The second kappa shape index (κ2) is 8.76. The van der Waals surface area contributed by atoms with Gasteiger partial charge in [0.1, 0.15) is 10.9 Å². The van der Waals surface area contributed by atoms with Gasteiger partial charge in [-0.25, -0.2) is 0 Å². The lowest BCUT2D eigenvalue weighted by atomic mass is 10.1. The highest BCUT2D eigenvalue weighted by atomic mass is 31.2. The number of rotatable bonds is 6. The first-order valence-corrected chi connectivity index (χ1v) is 11.1. The van der Waals surface area contributed by atoms with Crippen LogP contribution >= 0.6 is 7.14 Å². The molecule has 1 aromatic carbocycles. The Bertz CT molecular complexity index is 1170. The number of carbonyl (C=O) groups excluding carboxylic acids is 1. The van der Waals surface area contributed by atoms with Gasteiger partial charge in [0.05, 0.1) is 0 Å². The minimum atomic E-state index is -3.53. The number of allylic oxidation sites excluding steroid dienone is 1. The summed E-state index contributed by atoms with van der Waals surface area (Å²) >= 11 is 0. The van der Waals surface area contributed by atoms with E-state index in [1.165, 1.54) is 12.3 Å². The quantitative estimate of drug-likeness (QED) is 0.271. The molecule has 4 rings (SSSR count). The molecule has 0 aliphatic heterocycles. The van der Waals surface area contributed by atoms with E-state index in [0.717, 1.165) is 0 Å². The summed E-state index contributed by atoms with van der Waals surface area (Å²) in [6.07, 6.45) is 7.71. The van der Waals surface area contributed by atoms with Gasteiger partial charge in [-0.05, 0) is 48.0 Å². The fourth-order valence-electron chi connectivity index (χ4n) is 3.13. The van der Waals surface area contributed by atoms with E-state index in [2.05, 4.69) is 15.0 Å². The van der Waals surface area contributed by atoms with Crippen molar-refractivity contribution >= 4 is 29.1 Å². The van der Waals surface area contributed by atoms with E-state index in [0.29, 0.717) is 27.3 Å². The normalized spacial score (nSPS) is 11.8. The summed E-state index contributed by atoms with van der Waals surface area (Å²) in [7, 11) is -3.53. The van der Waals surface area contributed by atoms with Gasteiger partial charge in [-0.3, -0.25) is 19.7 Å². The third-order valence-electron chi connectivity index (χ3n) is 4.57. The van der Waals surface area contributed by atoms with Crippen LogP contribution in [0.1, 0.15) is 15.9 Å². The van der Waals surface area contributed by atoms with E-state index >= 15 is 0 Å². The minimum absolute atomic E-state index is 0.283. The van der Waals surface area contributed by atoms with Crippen LogP contribution in [0.15, 0.2) is 110 Å². The van der Waals surface area contributed by atoms with Crippen molar-refractivity contribution in [2.75, 3.05) is 0 Å². The predicted molar refractivity (Wildman–Crippen MR) is 118 cm³/mol. The van der Waals surface area contributed by atoms with Crippen LogP contribution < -0.4 is 10.9 Å². The molecule has 0 saturated carbocycles. The number of nitrogens with zero attached hydrogens (tertiary/aromatic N) is 3. The molecule has 0 fully saturated rings. The molecule has 0 bridgehead atoms. The Labute approximate surface area is 174 Å². The average molecular weight is 411 g/mol. The molecule has 30 heavy (non-hydrogen) atoms. The monoisotopic (exact) mass is 411 g/mol. The zero-order chi connectivity index (χ0) is 20.8. The second-order valence-electron chi connectivity index (χ2n) is 6.49. The molecule has 0 amide bonds. The van der Waals surface area contributed by atoms with Crippen LogP contribution in [0.2, 0.25) is 0 Å². The van der Waals surface area contributed by atoms with E-state index in [9.17, 15) is 9.36 Å². The van der Waals surface area contributed by atoms with E-state index in [1.807, 2.05) is 30.3 Å². The van der Waals surface area contributed by atoms with Gasteiger partial charge in [-0.15, -0.1) is 0 Å². The fraction of sp³-hybridized carbons (Fsp3) is 0. The summed E-state index contributed by atoms with van der Waals surface area (Å²) in [5.41, 5.74) is 1.84. The summed E-state index contributed by atoms with van der Waals surface area (Å²) < 4.78 is 14.7. The fourth-order valence-corrected chi connectivity index (χ4v) is 5.72. The summed E-state index contributed by atoms with van der Waals surface area (Å²) in [6, 6.07) is 23.1. The van der Waals surface area contributed by atoms with Crippen LogP contribution in [0.4, 0.5) is 0 Å². The Kier molecular flexibility index (Phi) is 5.73. The molecule has 0 aliphatic rings. The van der Waals surface area contributed by atoms with Gasteiger partial charge in [-0.1, -0.05) is 42.5 Å². The lowest BCUT2D eigenvalue weighted by molar-refractivity contribution is 0.104. The molecule has 0 N–H and O–H groups in total. The summed E-state index contributed by atoms with van der Waals surface area (Å²) in [4.78, 5) is 25.9. The second-order valence-corrected chi connectivity index (χ2v) is 9.10. The van der Waals surface area contributed by atoms with Crippen molar-refractivity contribution in [1.82, 2.24) is 15.0 Å². The van der Waals surface area contributed by atoms with E-state index < -0.39 is 7.14 Å². The average Bonchev–Trinajstić information content (AvgIpc) is 2.84. The Balaban J connectivity index is 1.99. The van der Waals surface area contributed by atoms with Crippen molar-refractivity contribution in [3.05, 3.63) is 121 Å². The number of hydrogen-bond donors (Lipinski definition) is 0. The van der Waals surface area contributed by atoms with Crippen LogP contribution in [0.25, 0.3) is 5.31 Å². The smallest absolute Gasteiger partial charge is 0.206 e. The highest BCUT2D eigenvalue weighted by Gasteiger charge is 2.36. The Morgan fingerprint density at radius 1 is 0.700 bits per heavy atom.